The molecule has 134 valence electrons. The van der Waals surface area contributed by atoms with Gasteiger partial charge in [-0.2, -0.15) is 0 Å². The highest BCUT2D eigenvalue weighted by Crippen LogP contribution is 2.38. The Hall–Kier alpha value is -2.01. The molecule has 0 saturated heterocycles. The summed E-state index contributed by atoms with van der Waals surface area (Å²) in [5, 5.41) is 3.17. The third kappa shape index (κ3) is 2.88. The quantitative estimate of drug-likeness (QED) is 0.794. The fourth-order valence-electron chi connectivity index (χ4n) is 4.67. The molecule has 5 rings (SSSR count). The number of urea groups is 1. The first-order valence-electron chi connectivity index (χ1n) is 9.66. The van der Waals surface area contributed by atoms with Crippen LogP contribution in [0.3, 0.4) is 0 Å². The lowest BCUT2D eigenvalue weighted by atomic mass is 9.99. The molecule has 3 aliphatic carbocycles. The molecule has 0 bridgehead atoms. The van der Waals surface area contributed by atoms with Gasteiger partial charge in [0.2, 0.25) is 0 Å². The summed E-state index contributed by atoms with van der Waals surface area (Å²) in [6.07, 6.45) is 12.1. The highest BCUT2D eigenvalue weighted by atomic mass is 32.2. The number of hydrogen-bond donors (Lipinski definition) is 2. The van der Waals surface area contributed by atoms with Crippen LogP contribution in [0.1, 0.15) is 52.8 Å². The van der Waals surface area contributed by atoms with Crippen LogP contribution in [0.15, 0.2) is 23.2 Å². The van der Waals surface area contributed by atoms with Crippen LogP contribution in [0, 0.1) is 0 Å². The molecule has 0 saturated carbocycles. The zero-order chi connectivity index (χ0) is 17.5. The zero-order valence-corrected chi connectivity index (χ0v) is 15.7. The number of benzene rings is 1. The second-order valence-electron chi connectivity index (χ2n) is 7.52. The van der Waals surface area contributed by atoms with Crippen LogP contribution in [0.5, 0.6) is 0 Å². The van der Waals surface area contributed by atoms with Crippen molar-refractivity contribution in [2.75, 3.05) is 5.32 Å². The predicted octanol–water partition coefficient (Wildman–Crippen LogP) is 4.38. The van der Waals surface area contributed by atoms with Crippen LogP contribution in [0.2, 0.25) is 0 Å². The maximum Gasteiger partial charge on any atom is 0.329 e. The molecule has 2 N–H and O–H groups in total. The molecular formula is C21H23N3OS. The first-order chi connectivity index (χ1) is 12.8. The maximum atomic E-state index is 12.6. The van der Waals surface area contributed by atoms with E-state index in [1.54, 1.807) is 0 Å². The SMILES string of the molecule is O=C(NSc1cnc2c(c1)CCC2)Nc1c2c(cc3c1CCC3)CCC2. The van der Waals surface area contributed by atoms with Crippen molar-refractivity contribution < 1.29 is 4.79 Å². The smallest absolute Gasteiger partial charge is 0.307 e. The van der Waals surface area contributed by atoms with Crippen molar-refractivity contribution in [3.8, 4) is 0 Å². The van der Waals surface area contributed by atoms with Gasteiger partial charge in [0.15, 0.2) is 0 Å². The van der Waals surface area contributed by atoms with Gasteiger partial charge in [-0.3, -0.25) is 9.71 Å². The Morgan fingerprint density at radius 2 is 1.58 bits per heavy atom. The lowest BCUT2D eigenvalue weighted by Gasteiger charge is -2.16. The molecule has 1 heterocycles. The van der Waals surface area contributed by atoms with Gasteiger partial charge in [0.05, 0.1) is 0 Å². The minimum Gasteiger partial charge on any atom is -0.307 e. The average Bonchev–Trinajstić information content (AvgIpc) is 3.38. The van der Waals surface area contributed by atoms with Crippen LogP contribution < -0.4 is 10.0 Å². The molecule has 0 aliphatic heterocycles. The van der Waals surface area contributed by atoms with Crippen molar-refractivity contribution in [3.63, 3.8) is 0 Å². The van der Waals surface area contributed by atoms with Crippen LogP contribution in [-0.2, 0) is 38.5 Å². The number of pyridine rings is 1. The van der Waals surface area contributed by atoms with E-state index < -0.39 is 0 Å². The number of anilines is 1. The fourth-order valence-corrected chi connectivity index (χ4v) is 5.24. The monoisotopic (exact) mass is 365 g/mol. The highest BCUT2D eigenvalue weighted by Gasteiger charge is 2.25. The Balaban J connectivity index is 1.31. The number of fused-ring (bicyclic) bond motifs is 3. The van der Waals surface area contributed by atoms with Gasteiger partial charge in [-0.15, -0.1) is 0 Å². The van der Waals surface area contributed by atoms with Gasteiger partial charge in [-0.05, 0) is 104 Å². The zero-order valence-electron chi connectivity index (χ0n) is 14.9. The van der Waals surface area contributed by atoms with Crippen LogP contribution in [-0.4, -0.2) is 11.0 Å². The summed E-state index contributed by atoms with van der Waals surface area (Å²) in [5.74, 6) is 0. The van der Waals surface area contributed by atoms with E-state index in [1.807, 2.05) is 6.20 Å². The fraction of sp³-hybridized carbons (Fsp3) is 0.429. The summed E-state index contributed by atoms with van der Waals surface area (Å²) in [7, 11) is 0. The van der Waals surface area contributed by atoms with Crippen molar-refractivity contribution in [1.82, 2.24) is 9.71 Å². The van der Waals surface area contributed by atoms with E-state index in [9.17, 15) is 4.79 Å². The number of aryl methyl sites for hydroxylation is 4. The van der Waals surface area contributed by atoms with Gasteiger partial charge in [0.1, 0.15) is 0 Å². The van der Waals surface area contributed by atoms with Gasteiger partial charge < -0.3 is 5.32 Å². The number of nitrogens with zero attached hydrogens (tertiary/aromatic N) is 1. The van der Waals surface area contributed by atoms with E-state index in [0.717, 1.165) is 49.1 Å². The van der Waals surface area contributed by atoms with Gasteiger partial charge in [0.25, 0.3) is 0 Å². The number of nitrogens with one attached hydrogen (secondary N) is 2. The molecule has 0 spiro atoms. The number of hydrogen-bond acceptors (Lipinski definition) is 3. The van der Waals surface area contributed by atoms with Crippen molar-refractivity contribution in [1.29, 1.82) is 0 Å². The Morgan fingerprint density at radius 3 is 2.35 bits per heavy atom. The Labute approximate surface area is 158 Å². The van der Waals surface area contributed by atoms with Crippen molar-refractivity contribution >= 4 is 23.7 Å². The summed E-state index contributed by atoms with van der Waals surface area (Å²) in [5.41, 5.74) is 9.26. The van der Waals surface area contributed by atoms with Crippen molar-refractivity contribution in [2.24, 2.45) is 0 Å². The van der Waals surface area contributed by atoms with E-state index in [4.69, 9.17) is 0 Å². The van der Waals surface area contributed by atoms with E-state index in [2.05, 4.69) is 27.2 Å². The minimum absolute atomic E-state index is 0.134. The molecule has 0 fully saturated rings. The summed E-state index contributed by atoms with van der Waals surface area (Å²) in [6, 6.07) is 4.42. The molecular weight excluding hydrogens is 342 g/mol. The van der Waals surface area contributed by atoms with Crippen LogP contribution in [0.25, 0.3) is 0 Å². The molecule has 26 heavy (non-hydrogen) atoms. The standard InChI is InChI=1S/C21H23N3OS/c25-21(24-26-16-11-15-6-3-9-19(15)22-12-16)23-20-17-7-1-4-13(17)10-14-5-2-8-18(14)20/h10-12H,1-9H2,(H2,23,24,25). The Morgan fingerprint density at radius 1 is 0.885 bits per heavy atom. The third-order valence-electron chi connectivity index (χ3n) is 5.87. The molecule has 3 aliphatic rings. The second kappa shape index (κ2) is 6.62. The third-order valence-corrected chi connectivity index (χ3v) is 6.61. The van der Waals surface area contributed by atoms with E-state index >= 15 is 0 Å². The predicted molar refractivity (Wildman–Crippen MR) is 105 cm³/mol. The number of aromatic nitrogens is 1. The lowest BCUT2D eigenvalue weighted by Crippen LogP contribution is -2.24. The number of rotatable bonds is 3. The van der Waals surface area contributed by atoms with Crippen LogP contribution >= 0.6 is 11.9 Å². The Kier molecular flexibility index (Phi) is 4.12. The van der Waals surface area contributed by atoms with Gasteiger partial charge >= 0.3 is 6.03 Å². The first kappa shape index (κ1) is 16.2. The molecule has 2 aromatic rings. The van der Waals surface area contributed by atoms with Crippen molar-refractivity contribution in [2.45, 2.75) is 62.7 Å². The van der Waals surface area contributed by atoms with Gasteiger partial charge in [-0.1, -0.05) is 6.07 Å². The molecule has 0 radical (unpaired) electrons. The largest absolute Gasteiger partial charge is 0.329 e. The maximum absolute atomic E-state index is 12.6. The van der Waals surface area contributed by atoms with E-state index in [0.29, 0.717) is 0 Å². The van der Waals surface area contributed by atoms with Gasteiger partial charge in [-0.25, -0.2) is 4.79 Å². The van der Waals surface area contributed by atoms with E-state index in [-0.39, 0.29) is 6.03 Å². The molecule has 1 aromatic heterocycles. The summed E-state index contributed by atoms with van der Waals surface area (Å²) in [4.78, 5) is 18.1. The number of carbonyl (C=O) groups is 1. The first-order valence-corrected chi connectivity index (χ1v) is 10.5. The van der Waals surface area contributed by atoms with Crippen molar-refractivity contribution in [3.05, 3.63) is 51.8 Å². The molecule has 2 amide bonds. The summed E-state index contributed by atoms with van der Waals surface area (Å²) >= 11 is 1.36. The topological polar surface area (TPSA) is 54.0 Å². The molecule has 0 unspecified atom stereocenters. The minimum atomic E-state index is -0.134. The Bertz CT molecular complexity index is 861. The van der Waals surface area contributed by atoms with Crippen LogP contribution in [0.4, 0.5) is 10.5 Å². The molecule has 4 nitrogen and oxygen atoms in total. The number of amides is 2. The number of carbonyl (C=O) groups excluding carboxylic acids is 1. The molecule has 5 heteroatoms. The normalized spacial score (nSPS) is 16.9. The molecule has 1 aromatic carbocycles. The van der Waals surface area contributed by atoms with E-state index in [1.165, 1.54) is 64.7 Å². The van der Waals surface area contributed by atoms with Gasteiger partial charge in [0, 0.05) is 22.5 Å². The lowest BCUT2D eigenvalue weighted by molar-refractivity contribution is 0.257. The molecule has 0 atom stereocenters. The average molecular weight is 366 g/mol. The second-order valence-corrected chi connectivity index (χ2v) is 8.40. The summed E-state index contributed by atoms with van der Waals surface area (Å²) < 4.78 is 2.95. The highest BCUT2D eigenvalue weighted by molar-refractivity contribution is 7.98. The summed E-state index contributed by atoms with van der Waals surface area (Å²) in [6.45, 7) is 0.